The second kappa shape index (κ2) is 8.63. The van der Waals surface area contributed by atoms with E-state index in [0.717, 1.165) is 12.0 Å². The van der Waals surface area contributed by atoms with Crippen molar-refractivity contribution in [3.8, 4) is 6.07 Å². The predicted molar refractivity (Wildman–Crippen MR) is 90.5 cm³/mol. The Labute approximate surface area is 134 Å². The van der Waals surface area contributed by atoms with Crippen LogP contribution >= 0.6 is 0 Å². The van der Waals surface area contributed by atoms with Crippen LogP contribution in [-0.4, -0.2) is 6.10 Å². The smallest absolute Gasteiger partial charge is 0.101 e. The van der Waals surface area contributed by atoms with Crippen LogP contribution in [0.3, 0.4) is 0 Å². The Morgan fingerprint density at radius 2 is 1.91 bits per heavy atom. The summed E-state index contributed by atoms with van der Waals surface area (Å²) in [5, 5.41) is 8.89. The molecule has 0 radical (unpaired) electrons. The molecule has 118 valence electrons. The van der Waals surface area contributed by atoms with Gasteiger partial charge in [0.1, 0.15) is 6.10 Å². The molecule has 0 N–H and O–H groups in total. The van der Waals surface area contributed by atoms with Gasteiger partial charge < -0.3 is 4.74 Å². The van der Waals surface area contributed by atoms with Gasteiger partial charge in [-0.15, -0.1) is 0 Å². The zero-order valence-corrected chi connectivity index (χ0v) is 13.8. The molecule has 1 saturated carbocycles. The molecule has 0 spiro atoms. The predicted octanol–water partition coefficient (Wildman–Crippen LogP) is 5.55. The fraction of sp³-hybridized carbons (Fsp3) is 0.550. The van der Waals surface area contributed by atoms with Crippen LogP contribution in [0.2, 0.25) is 0 Å². The van der Waals surface area contributed by atoms with Gasteiger partial charge in [0, 0.05) is 0 Å². The lowest BCUT2D eigenvalue weighted by atomic mass is 9.76. The summed E-state index contributed by atoms with van der Waals surface area (Å²) in [4.78, 5) is 0. The summed E-state index contributed by atoms with van der Waals surface area (Å²) >= 11 is 0. The van der Waals surface area contributed by atoms with Gasteiger partial charge in [-0.2, -0.15) is 5.26 Å². The molecule has 1 unspecified atom stereocenters. The Balaban J connectivity index is 1.91. The van der Waals surface area contributed by atoms with Gasteiger partial charge in [0.2, 0.25) is 0 Å². The highest BCUT2D eigenvalue weighted by Crippen LogP contribution is 2.38. The van der Waals surface area contributed by atoms with Crippen molar-refractivity contribution in [1.82, 2.24) is 0 Å². The minimum absolute atomic E-state index is 0.378. The molecule has 0 bridgehead atoms. The first kappa shape index (κ1) is 16.6. The van der Waals surface area contributed by atoms with Crippen molar-refractivity contribution < 1.29 is 4.74 Å². The van der Waals surface area contributed by atoms with Gasteiger partial charge in [-0.25, -0.2) is 0 Å². The Morgan fingerprint density at radius 1 is 1.23 bits per heavy atom. The summed E-state index contributed by atoms with van der Waals surface area (Å²) in [6.07, 6.45) is 11.5. The molecular formula is C20H27NO. The monoisotopic (exact) mass is 297 g/mol. The molecule has 0 aliphatic heterocycles. The van der Waals surface area contributed by atoms with Gasteiger partial charge in [0.05, 0.1) is 17.9 Å². The number of ether oxygens (including phenoxy) is 1. The van der Waals surface area contributed by atoms with Crippen molar-refractivity contribution >= 4 is 0 Å². The quantitative estimate of drug-likeness (QED) is 0.645. The van der Waals surface area contributed by atoms with E-state index >= 15 is 0 Å². The van der Waals surface area contributed by atoms with E-state index in [-0.39, 0.29) is 0 Å². The Morgan fingerprint density at radius 3 is 2.45 bits per heavy atom. The van der Waals surface area contributed by atoms with Crippen LogP contribution in [-0.2, 0) is 4.74 Å². The van der Waals surface area contributed by atoms with Crippen LogP contribution in [0.4, 0.5) is 0 Å². The molecule has 1 aliphatic carbocycles. The fourth-order valence-corrected chi connectivity index (χ4v) is 3.53. The zero-order valence-electron chi connectivity index (χ0n) is 13.8. The average molecular weight is 297 g/mol. The number of hydrogen-bond acceptors (Lipinski definition) is 2. The number of hydrogen-bond donors (Lipinski definition) is 0. The van der Waals surface area contributed by atoms with E-state index in [0.29, 0.717) is 17.9 Å². The Bertz CT molecular complexity index is 504. The summed E-state index contributed by atoms with van der Waals surface area (Å²) in [7, 11) is 0. The summed E-state index contributed by atoms with van der Waals surface area (Å²) in [5.74, 6) is 1.33. The molecule has 1 aliphatic rings. The van der Waals surface area contributed by atoms with Crippen molar-refractivity contribution in [2.45, 2.75) is 64.4 Å². The van der Waals surface area contributed by atoms with E-state index in [2.05, 4.69) is 25.1 Å². The van der Waals surface area contributed by atoms with Crippen molar-refractivity contribution in [2.75, 3.05) is 0 Å². The van der Waals surface area contributed by atoms with Gasteiger partial charge in [0.25, 0.3) is 0 Å². The van der Waals surface area contributed by atoms with Gasteiger partial charge in [-0.3, -0.25) is 0 Å². The van der Waals surface area contributed by atoms with E-state index < -0.39 is 0 Å². The van der Waals surface area contributed by atoms with E-state index in [1.165, 1.54) is 37.7 Å². The maximum absolute atomic E-state index is 8.89. The molecular weight excluding hydrogens is 270 g/mol. The molecule has 2 heteroatoms. The minimum Gasteiger partial charge on any atom is -0.498 e. The second-order valence-corrected chi connectivity index (χ2v) is 6.28. The van der Waals surface area contributed by atoms with Gasteiger partial charge in [-0.1, -0.05) is 31.6 Å². The van der Waals surface area contributed by atoms with Crippen molar-refractivity contribution in [3.05, 3.63) is 47.7 Å². The molecule has 1 aromatic rings. The van der Waals surface area contributed by atoms with Crippen molar-refractivity contribution in [2.24, 2.45) is 5.92 Å². The topological polar surface area (TPSA) is 33.0 Å². The molecule has 2 rings (SSSR count). The number of rotatable bonds is 6. The van der Waals surface area contributed by atoms with Crippen LogP contribution < -0.4 is 0 Å². The summed E-state index contributed by atoms with van der Waals surface area (Å²) < 4.78 is 5.93. The molecule has 1 fully saturated rings. The standard InChI is InChI=1S/C20H27NO/c1-3-5-20(22-14-4-2)19-12-10-18(11-13-19)17-8-6-16(15-21)7-9-17/h4,6-9,14,18-20H,3,5,10-13H2,1-2H3. The van der Waals surface area contributed by atoms with E-state index in [1.54, 1.807) is 0 Å². The van der Waals surface area contributed by atoms with Crippen LogP contribution in [0.15, 0.2) is 36.6 Å². The highest BCUT2D eigenvalue weighted by atomic mass is 16.5. The largest absolute Gasteiger partial charge is 0.498 e. The van der Waals surface area contributed by atoms with Gasteiger partial charge >= 0.3 is 0 Å². The lowest BCUT2D eigenvalue weighted by molar-refractivity contribution is 0.0557. The first-order valence-corrected chi connectivity index (χ1v) is 8.55. The maximum atomic E-state index is 8.89. The third-order valence-electron chi connectivity index (χ3n) is 4.77. The average Bonchev–Trinajstić information content (AvgIpc) is 2.59. The summed E-state index contributed by atoms with van der Waals surface area (Å²) in [6.45, 7) is 4.24. The van der Waals surface area contributed by atoms with Crippen LogP contribution in [0.25, 0.3) is 0 Å². The Kier molecular flexibility index (Phi) is 6.52. The third-order valence-corrected chi connectivity index (χ3v) is 4.77. The highest BCUT2D eigenvalue weighted by molar-refractivity contribution is 5.33. The van der Waals surface area contributed by atoms with E-state index in [9.17, 15) is 0 Å². The fourth-order valence-electron chi connectivity index (χ4n) is 3.53. The normalized spacial score (nSPS) is 23.1. The number of nitriles is 1. The van der Waals surface area contributed by atoms with Crippen molar-refractivity contribution in [3.63, 3.8) is 0 Å². The maximum Gasteiger partial charge on any atom is 0.101 e. The van der Waals surface area contributed by atoms with Gasteiger partial charge in [-0.05, 0) is 68.6 Å². The number of nitrogens with zero attached hydrogens (tertiary/aromatic N) is 1. The minimum atomic E-state index is 0.378. The zero-order chi connectivity index (χ0) is 15.8. The number of allylic oxidation sites excluding steroid dienone is 1. The molecule has 0 amide bonds. The first-order chi connectivity index (χ1) is 10.8. The van der Waals surface area contributed by atoms with Crippen LogP contribution in [0, 0.1) is 17.2 Å². The first-order valence-electron chi connectivity index (χ1n) is 8.55. The van der Waals surface area contributed by atoms with Crippen molar-refractivity contribution in [1.29, 1.82) is 5.26 Å². The van der Waals surface area contributed by atoms with Crippen LogP contribution in [0.5, 0.6) is 0 Å². The molecule has 0 saturated heterocycles. The lowest BCUT2D eigenvalue weighted by Gasteiger charge is -2.33. The van der Waals surface area contributed by atoms with E-state index in [1.807, 2.05) is 31.4 Å². The number of benzene rings is 1. The molecule has 2 nitrogen and oxygen atoms in total. The Hall–Kier alpha value is -1.75. The molecule has 22 heavy (non-hydrogen) atoms. The highest BCUT2D eigenvalue weighted by Gasteiger charge is 2.28. The SMILES string of the molecule is CC=COC(CCC)C1CCC(c2ccc(C#N)cc2)CC1. The van der Waals surface area contributed by atoms with E-state index in [4.69, 9.17) is 10.00 Å². The molecule has 0 aromatic heterocycles. The second-order valence-electron chi connectivity index (χ2n) is 6.28. The lowest BCUT2D eigenvalue weighted by Crippen LogP contribution is -2.26. The summed E-state index contributed by atoms with van der Waals surface area (Å²) in [5.41, 5.74) is 2.14. The van der Waals surface area contributed by atoms with Gasteiger partial charge in [0.15, 0.2) is 0 Å². The third kappa shape index (κ3) is 4.37. The molecule has 1 atom stereocenters. The molecule has 1 aromatic carbocycles. The molecule has 0 heterocycles. The van der Waals surface area contributed by atoms with Crippen LogP contribution in [0.1, 0.15) is 69.4 Å². The summed E-state index contributed by atoms with van der Waals surface area (Å²) in [6, 6.07) is 10.3.